The Morgan fingerprint density at radius 3 is 2.27 bits per heavy atom. The van der Waals surface area contributed by atoms with Gasteiger partial charge in [-0.05, 0) is 23.3 Å². The lowest BCUT2D eigenvalue weighted by Crippen LogP contribution is -2.24. The lowest BCUT2D eigenvalue weighted by molar-refractivity contribution is 0.0824. The van der Waals surface area contributed by atoms with Crippen molar-refractivity contribution in [1.82, 2.24) is 0 Å². The van der Waals surface area contributed by atoms with Crippen molar-refractivity contribution in [2.24, 2.45) is 0 Å². The molecule has 0 radical (unpaired) electrons. The summed E-state index contributed by atoms with van der Waals surface area (Å²) in [5.41, 5.74) is 2.33. The zero-order chi connectivity index (χ0) is 15.8. The first-order valence-corrected chi connectivity index (χ1v) is 7.53. The van der Waals surface area contributed by atoms with E-state index in [1.165, 1.54) is 5.56 Å². The van der Waals surface area contributed by atoms with Gasteiger partial charge in [0.2, 0.25) is 0 Å². The summed E-state index contributed by atoms with van der Waals surface area (Å²) < 4.78 is 23.1. The van der Waals surface area contributed by atoms with Crippen LogP contribution in [0.3, 0.4) is 0 Å². The zero-order valence-corrected chi connectivity index (χ0v) is 13.2. The first-order valence-electron chi connectivity index (χ1n) is 7.53. The van der Waals surface area contributed by atoms with Crippen molar-refractivity contribution in [3.8, 4) is 5.75 Å². The van der Waals surface area contributed by atoms with Crippen molar-refractivity contribution in [2.75, 3.05) is 19.9 Å². The summed E-state index contributed by atoms with van der Waals surface area (Å²) >= 11 is 0. The molecule has 0 fully saturated rings. The third-order valence-corrected chi connectivity index (χ3v) is 3.56. The van der Waals surface area contributed by atoms with E-state index in [4.69, 9.17) is 9.47 Å². The number of rotatable bonds is 8. The second kappa shape index (κ2) is 7.95. The largest absolute Gasteiger partial charge is 0.491 e. The van der Waals surface area contributed by atoms with Gasteiger partial charge < -0.3 is 9.47 Å². The van der Waals surface area contributed by atoms with Crippen LogP contribution in [-0.4, -0.2) is 19.9 Å². The molecular formula is C19H23FO2. The molecule has 0 N–H and O–H groups in total. The number of hydrogen-bond acceptors (Lipinski definition) is 2. The molecule has 3 heteroatoms. The van der Waals surface area contributed by atoms with E-state index in [9.17, 15) is 4.39 Å². The van der Waals surface area contributed by atoms with Gasteiger partial charge in [-0.1, -0.05) is 56.3 Å². The van der Waals surface area contributed by atoms with E-state index < -0.39 is 6.67 Å². The fourth-order valence-electron chi connectivity index (χ4n) is 2.24. The number of halogens is 1. The Bertz CT molecular complexity index is 549. The van der Waals surface area contributed by atoms with Gasteiger partial charge in [0.25, 0.3) is 0 Å². The van der Waals surface area contributed by atoms with Crippen LogP contribution >= 0.6 is 0 Å². The van der Waals surface area contributed by atoms with Gasteiger partial charge in [0, 0.05) is 5.41 Å². The fraction of sp³-hybridized carbons (Fsp3) is 0.368. The Kier molecular flexibility index (Phi) is 5.96. The molecule has 2 aromatic rings. The molecule has 0 bridgehead atoms. The van der Waals surface area contributed by atoms with Gasteiger partial charge in [0.15, 0.2) is 0 Å². The first kappa shape index (κ1) is 16.5. The molecule has 0 spiro atoms. The van der Waals surface area contributed by atoms with Crippen LogP contribution in [0, 0.1) is 0 Å². The van der Waals surface area contributed by atoms with E-state index in [-0.39, 0.29) is 12.0 Å². The third kappa shape index (κ3) is 4.85. The van der Waals surface area contributed by atoms with Crippen LogP contribution in [-0.2, 0) is 16.8 Å². The highest BCUT2D eigenvalue weighted by molar-refractivity contribution is 5.27. The summed E-state index contributed by atoms with van der Waals surface area (Å²) in [5.74, 6) is 0.686. The van der Waals surface area contributed by atoms with Crippen molar-refractivity contribution < 1.29 is 13.9 Å². The Hall–Kier alpha value is -1.87. The molecule has 2 nitrogen and oxygen atoms in total. The molecule has 2 aromatic carbocycles. The van der Waals surface area contributed by atoms with Crippen LogP contribution in [0.2, 0.25) is 0 Å². The summed E-state index contributed by atoms with van der Waals surface area (Å²) in [6.07, 6.45) is 0. The van der Waals surface area contributed by atoms with Crippen LogP contribution < -0.4 is 4.74 Å². The molecular weight excluding hydrogens is 279 g/mol. The topological polar surface area (TPSA) is 18.5 Å². The van der Waals surface area contributed by atoms with E-state index in [1.807, 2.05) is 42.5 Å². The quantitative estimate of drug-likeness (QED) is 0.713. The Balaban J connectivity index is 1.83. The fourth-order valence-corrected chi connectivity index (χ4v) is 2.24. The summed E-state index contributed by atoms with van der Waals surface area (Å²) in [6, 6.07) is 18.0. The van der Waals surface area contributed by atoms with E-state index in [2.05, 4.69) is 26.0 Å². The lowest BCUT2D eigenvalue weighted by atomic mass is 9.86. The summed E-state index contributed by atoms with van der Waals surface area (Å²) in [7, 11) is 0. The molecule has 0 aliphatic carbocycles. The number of ether oxygens (including phenoxy) is 2. The molecule has 0 aromatic heterocycles. The molecule has 0 unspecified atom stereocenters. The average Bonchev–Trinajstić information content (AvgIpc) is 2.55. The maximum Gasteiger partial charge on any atom is 0.123 e. The average molecular weight is 302 g/mol. The van der Waals surface area contributed by atoms with E-state index >= 15 is 0 Å². The molecule has 22 heavy (non-hydrogen) atoms. The number of alkyl halides is 1. The van der Waals surface area contributed by atoms with Gasteiger partial charge in [-0.2, -0.15) is 0 Å². The van der Waals surface area contributed by atoms with Crippen molar-refractivity contribution >= 4 is 0 Å². The molecule has 0 amide bonds. The highest BCUT2D eigenvalue weighted by Crippen LogP contribution is 2.23. The zero-order valence-electron chi connectivity index (χ0n) is 13.2. The minimum atomic E-state index is -0.473. The predicted molar refractivity (Wildman–Crippen MR) is 87.0 cm³/mol. The molecule has 0 aliphatic heterocycles. The molecule has 0 saturated heterocycles. The van der Waals surface area contributed by atoms with Gasteiger partial charge in [0.05, 0.1) is 13.2 Å². The maximum atomic E-state index is 12.0. The minimum absolute atomic E-state index is 0.0224. The SMILES string of the molecule is CC(C)(COCc1ccc(OCCF)cc1)c1ccccc1. The molecule has 118 valence electrons. The van der Waals surface area contributed by atoms with Crippen molar-refractivity contribution in [3.63, 3.8) is 0 Å². The smallest absolute Gasteiger partial charge is 0.123 e. The van der Waals surface area contributed by atoms with Crippen molar-refractivity contribution in [1.29, 1.82) is 0 Å². The molecule has 0 saturated carbocycles. The Labute approximate surface area is 131 Å². The molecule has 2 rings (SSSR count). The monoisotopic (exact) mass is 302 g/mol. The normalized spacial score (nSPS) is 11.4. The van der Waals surface area contributed by atoms with Crippen molar-refractivity contribution in [2.45, 2.75) is 25.9 Å². The molecule has 0 aliphatic rings. The second-order valence-electron chi connectivity index (χ2n) is 5.92. The molecule has 0 heterocycles. The van der Waals surface area contributed by atoms with Gasteiger partial charge in [-0.3, -0.25) is 0 Å². The van der Waals surface area contributed by atoms with Crippen LogP contribution in [0.5, 0.6) is 5.75 Å². The minimum Gasteiger partial charge on any atom is -0.491 e. The molecule has 0 atom stereocenters. The third-order valence-electron chi connectivity index (χ3n) is 3.56. The number of benzene rings is 2. The van der Waals surface area contributed by atoms with Crippen LogP contribution in [0.1, 0.15) is 25.0 Å². The highest BCUT2D eigenvalue weighted by atomic mass is 19.1. The standard InChI is InChI=1S/C19H23FO2/c1-19(2,17-6-4-3-5-7-17)15-21-14-16-8-10-18(11-9-16)22-13-12-20/h3-11H,12-15H2,1-2H3. The predicted octanol–water partition coefficient (Wildman–Crippen LogP) is 4.53. The summed E-state index contributed by atoms with van der Waals surface area (Å²) in [5, 5.41) is 0. The summed E-state index contributed by atoms with van der Waals surface area (Å²) in [6.45, 7) is 5.18. The second-order valence-corrected chi connectivity index (χ2v) is 5.92. The summed E-state index contributed by atoms with van der Waals surface area (Å²) in [4.78, 5) is 0. The number of hydrogen-bond donors (Lipinski definition) is 0. The van der Waals surface area contributed by atoms with E-state index in [0.717, 1.165) is 5.56 Å². The first-order chi connectivity index (χ1) is 10.6. The Morgan fingerprint density at radius 2 is 1.64 bits per heavy atom. The Morgan fingerprint density at radius 1 is 0.955 bits per heavy atom. The van der Waals surface area contributed by atoms with E-state index in [0.29, 0.717) is 19.0 Å². The highest BCUT2D eigenvalue weighted by Gasteiger charge is 2.20. The van der Waals surface area contributed by atoms with Crippen molar-refractivity contribution in [3.05, 3.63) is 65.7 Å². The maximum absolute atomic E-state index is 12.0. The van der Waals surface area contributed by atoms with Gasteiger partial charge in [-0.25, -0.2) is 4.39 Å². The van der Waals surface area contributed by atoms with Crippen LogP contribution in [0.4, 0.5) is 4.39 Å². The van der Waals surface area contributed by atoms with Gasteiger partial charge in [-0.15, -0.1) is 0 Å². The van der Waals surface area contributed by atoms with Crippen LogP contribution in [0.15, 0.2) is 54.6 Å². The lowest BCUT2D eigenvalue weighted by Gasteiger charge is -2.25. The van der Waals surface area contributed by atoms with Gasteiger partial charge >= 0.3 is 0 Å². The van der Waals surface area contributed by atoms with Crippen LogP contribution in [0.25, 0.3) is 0 Å². The van der Waals surface area contributed by atoms with E-state index in [1.54, 1.807) is 0 Å². The van der Waals surface area contributed by atoms with Gasteiger partial charge in [0.1, 0.15) is 19.0 Å².